The molecule has 3 rings (SSSR count). The van der Waals surface area contributed by atoms with Crippen LogP contribution in [-0.2, 0) is 19.0 Å². The highest BCUT2D eigenvalue weighted by atomic mass is 16.6. The van der Waals surface area contributed by atoms with Gasteiger partial charge in [-0.15, -0.1) is 6.58 Å². The zero-order valence-electron chi connectivity index (χ0n) is 24.5. The van der Waals surface area contributed by atoms with Crippen molar-refractivity contribution in [1.82, 2.24) is 0 Å². The van der Waals surface area contributed by atoms with E-state index in [0.29, 0.717) is 55.8 Å². The van der Waals surface area contributed by atoms with Crippen LogP contribution in [0.1, 0.15) is 58.3 Å². The third-order valence-corrected chi connectivity index (χ3v) is 6.74. The van der Waals surface area contributed by atoms with E-state index < -0.39 is 11.6 Å². The predicted molar refractivity (Wildman–Crippen MR) is 158 cm³/mol. The molecule has 0 amide bonds. The summed E-state index contributed by atoms with van der Waals surface area (Å²) in [7, 11) is 0. The van der Waals surface area contributed by atoms with Crippen molar-refractivity contribution in [2.24, 2.45) is 0 Å². The van der Waals surface area contributed by atoms with E-state index in [1.54, 1.807) is 6.92 Å². The maximum absolute atomic E-state index is 12.4. The highest BCUT2D eigenvalue weighted by molar-refractivity contribution is 5.70. The van der Waals surface area contributed by atoms with Gasteiger partial charge in [0, 0.05) is 0 Å². The molecule has 0 aliphatic carbocycles. The zero-order valence-corrected chi connectivity index (χ0v) is 24.5. The summed E-state index contributed by atoms with van der Waals surface area (Å²) in [6, 6.07) is 15.0. The Morgan fingerprint density at radius 2 is 1.29 bits per heavy atom. The Labute approximate surface area is 244 Å². The number of carbonyl (C=O) groups excluding carboxylic acids is 1. The number of esters is 1. The normalized spacial score (nSPS) is 15.5. The standard InChI is InChI=1S/C33H46O8/c1-3-5-6-7-8-9-10-15-20-33(41-25-32(34)36-4-2)26-39-30-18-13-11-16-28(30)37-23-21-35-22-24-38-29-17-12-14-19-31(29)40-27-33/h3,11-14,16-19H,1,4-10,15,20-27H2,2H3. The van der Waals surface area contributed by atoms with Gasteiger partial charge in [0.2, 0.25) is 0 Å². The smallest absolute Gasteiger partial charge is 0.332 e. The molecular weight excluding hydrogens is 524 g/mol. The summed E-state index contributed by atoms with van der Waals surface area (Å²) in [6.45, 7) is 7.55. The molecule has 1 aliphatic rings. The van der Waals surface area contributed by atoms with Crippen LogP contribution in [0.5, 0.6) is 23.0 Å². The fourth-order valence-electron chi connectivity index (χ4n) is 4.52. The van der Waals surface area contributed by atoms with Crippen LogP contribution >= 0.6 is 0 Å². The second-order valence-corrected chi connectivity index (χ2v) is 10.0. The van der Waals surface area contributed by atoms with E-state index >= 15 is 0 Å². The summed E-state index contributed by atoms with van der Waals surface area (Å²) in [5.41, 5.74) is -0.921. The van der Waals surface area contributed by atoms with E-state index in [1.165, 1.54) is 19.3 Å². The average molecular weight is 571 g/mol. The number of hydrogen-bond donors (Lipinski definition) is 0. The minimum atomic E-state index is -0.921. The zero-order chi connectivity index (χ0) is 29.0. The Morgan fingerprint density at radius 1 is 0.780 bits per heavy atom. The molecule has 8 heteroatoms. The maximum atomic E-state index is 12.4. The number of benzene rings is 2. The highest BCUT2D eigenvalue weighted by Gasteiger charge is 2.35. The van der Waals surface area contributed by atoms with Crippen LogP contribution in [0.25, 0.3) is 0 Å². The third-order valence-electron chi connectivity index (χ3n) is 6.74. The molecule has 1 aliphatic heterocycles. The Morgan fingerprint density at radius 3 is 1.83 bits per heavy atom. The SMILES string of the molecule is C=CCCCCCCCCC1(OCC(=O)OCC)COc2ccccc2OCCOCCOc2ccccc2OC1. The summed E-state index contributed by atoms with van der Waals surface area (Å²) < 4.78 is 41.8. The van der Waals surface area contributed by atoms with Crippen molar-refractivity contribution in [3.63, 3.8) is 0 Å². The lowest BCUT2D eigenvalue weighted by Gasteiger charge is -2.34. The van der Waals surface area contributed by atoms with E-state index in [0.717, 1.165) is 25.7 Å². The van der Waals surface area contributed by atoms with E-state index in [-0.39, 0.29) is 26.4 Å². The molecule has 2 aromatic carbocycles. The van der Waals surface area contributed by atoms with Crippen LogP contribution in [0.4, 0.5) is 0 Å². The molecular formula is C33H46O8. The fourth-order valence-corrected chi connectivity index (χ4v) is 4.52. The van der Waals surface area contributed by atoms with Crippen LogP contribution in [0.2, 0.25) is 0 Å². The average Bonchev–Trinajstić information content (AvgIpc) is 2.99. The molecule has 226 valence electrons. The summed E-state index contributed by atoms with van der Waals surface area (Å²) in [5, 5.41) is 0. The van der Waals surface area contributed by atoms with Crippen LogP contribution in [-0.4, -0.2) is 64.4 Å². The van der Waals surface area contributed by atoms with Gasteiger partial charge in [-0.05, 0) is 50.5 Å². The van der Waals surface area contributed by atoms with Gasteiger partial charge in [-0.1, -0.05) is 62.4 Å². The van der Waals surface area contributed by atoms with Crippen LogP contribution < -0.4 is 18.9 Å². The molecule has 0 saturated heterocycles. The fraction of sp³-hybridized carbons (Fsp3) is 0.545. The lowest BCUT2D eigenvalue weighted by molar-refractivity contribution is -0.162. The first-order valence-corrected chi connectivity index (χ1v) is 14.8. The van der Waals surface area contributed by atoms with E-state index in [4.69, 9.17) is 33.2 Å². The molecule has 0 aromatic heterocycles. The molecule has 0 spiro atoms. The quantitative estimate of drug-likeness (QED) is 0.152. The lowest BCUT2D eigenvalue weighted by atomic mass is 9.96. The number of hydrogen-bond acceptors (Lipinski definition) is 8. The molecule has 0 saturated carbocycles. The van der Waals surface area contributed by atoms with Gasteiger partial charge < -0.3 is 33.2 Å². The molecule has 0 atom stereocenters. The molecule has 0 N–H and O–H groups in total. The molecule has 41 heavy (non-hydrogen) atoms. The Hall–Kier alpha value is -3.23. The number of allylic oxidation sites excluding steroid dienone is 1. The summed E-state index contributed by atoms with van der Waals surface area (Å²) in [6.07, 6.45) is 10.3. The topological polar surface area (TPSA) is 81.7 Å². The second-order valence-electron chi connectivity index (χ2n) is 10.0. The van der Waals surface area contributed by atoms with Crippen molar-refractivity contribution in [3.8, 4) is 23.0 Å². The Balaban J connectivity index is 1.81. The summed E-state index contributed by atoms with van der Waals surface area (Å²) >= 11 is 0. The largest absolute Gasteiger partial charge is 0.487 e. The third kappa shape index (κ3) is 12.0. The molecule has 1 heterocycles. The Bertz CT molecular complexity index is 968. The summed E-state index contributed by atoms with van der Waals surface area (Å²) in [4.78, 5) is 12.4. The van der Waals surface area contributed by atoms with Crippen molar-refractivity contribution >= 4 is 5.97 Å². The number of ether oxygens (including phenoxy) is 7. The minimum Gasteiger partial charge on any atom is -0.487 e. The molecule has 0 bridgehead atoms. The Kier molecular flexibility index (Phi) is 15.0. The van der Waals surface area contributed by atoms with Crippen molar-refractivity contribution in [2.45, 2.75) is 63.9 Å². The van der Waals surface area contributed by atoms with Gasteiger partial charge in [0.15, 0.2) is 23.0 Å². The maximum Gasteiger partial charge on any atom is 0.332 e. The summed E-state index contributed by atoms with van der Waals surface area (Å²) in [5.74, 6) is 1.99. The van der Waals surface area contributed by atoms with Gasteiger partial charge in [-0.2, -0.15) is 0 Å². The van der Waals surface area contributed by atoms with E-state index in [2.05, 4.69) is 6.58 Å². The number of para-hydroxylation sites is 4. The van der Waals surface area contributed by atoms with Crippen molar-refractivity contribution < 1.29 is 38.0 Å². The van der Waals surface area contributed by atoms with Gasteiger partial charge >= 0.3 is 5.97 Å². The van der Waals surface area contributed by atoms with Crippen molar-refractivity contribution in [2.75, 3.05) is 52.9 Å². The number of unbranched alkanes of at least 4 members (excludes halogenated alkanes) is 6. The molecule has 2 aromatic rings. The predicted octanol–water partition coefficient (Wildman–Crippen LogP) is 6.56. The lowest BCUT2D eigenvalue weighted by Crippen LogP contribution is -2.46. The monoisotopic (exact) mass is 570 g/mol. The van der Waals surface area contributed by atoms with Gasteiger partial charge in [0.25, 0.3) is 0 Å². The molecule has 8 nitrogen and oxygen atoms in total. The molecule has 0 unspecified atom stereocenters. The second kappa shape index (κ2) is 19.0. The number of fused-ring (bicyclic) bond motifs is 2. The van der Waals surface area contributed by atoms with Crippen LogP contribution in [0.3, 0.4) is 0 Å². The first-order valence-electron chi connectivity index (χ1n) is 14.8. The number of rotatable bonds is 13. The van der Waals surface area contributed by atoms with Crippen LogP contribution in [0, 0.1) is 0 Å². The highest BCUT2D eigenvalue weighted by Crippen LogP contribution is 2.32. The van der Waals surface area contributed by atoms with Crippen LogP contribution in [0.15, 0.2) is 61.2 Å². The van der Waals surface area contributed by atoms with E-state index in [1.807, 2.05) is 54.6 Å². The molecule has 0 radical (unpaired) electrons. The van der Waals surface area contributed by atoms with Crippen molar-refractivity contribution in [1.29, 1.82) is 0 Å². The first kappa shape index (κ1) is 32.3. The minimum absolute atomic E-state index is 0.158. The van der Waals surface area contributed by atoms with Gasteiger partial charge in [0.1, 0.15) is 38.6 Å². The van der Waals surface area contributed by atoms with Gasteiger partial charge in [-0.25, -0.2) is 4.79 Å². The van der Waals surface area contributed by atoms with E-state index in [9.17, 15) is 4.79 Å². The number of carbonyl (C=O) groups is 1. The first-order chi connectivity index (χ1) is 20.2. The van der Waals surface area contributed by atoms with Crippen molar-refractivity contribution in [3.05, 3.63) is 61.2 Å². The van der Waals surface area contributed by atoms with Gasteiger partial charge in [-0.3, -0.25) is 0 Å². The van der Waals surface area contributed by atoms with Gasteiger partial charge in [0.05, 0.1) is 19.8 Å². The molecule has 0 fully saturated rings.